The molecule has 2 aliphatic carbocycles. The third-order valence-electron chi connectivity index (χ3n) is 8.10. The number of rotatable bonds is 8. The second-order valence-electron chi connectivity index (χ2n) is 12.1. The van der Waals surface area contributed by atoms with Crippen molar-refractivity contribution in [2.45, 2.75) is 97.4 Å². The van der Waals surface area contributed by atoms with Crippen molar-refractivity contribution >= 4 is 36.3 Å². The van der Waals surface area contributed by atoms with Crippen molar-refractivity contribution in [1.29, 1.82) is 0 Å². The van der Waals surface area contributed by atoms with Crippen molar-refractivity contribution in [3.8, 4) is 11.8 Å². The number of nitrogens with zero attached hydrogens (tertiary/aromatic N) is 1. The highest BCUT2D eigenvalue weighted by atomic mass is 32.1. The van der Waals surface area contributed by atoms with Crippen molar-refractivity contribution < 1.29 is 28.2 Å². The first-order valence-electron chi connectivity index (χ1n) is 14.1. The number of carbonyl (C=O) groups is 2. The Kier molecular flexibility index (Phi) is 10.5. The molecular formula is C30H46NO6PS. The summed E-state index contributed by atoms with van der Waals surface area (Å²) in [5, 5.41) is -0.877. The van der Waals surface area contributed by atoms with Crippen LogP contribution in [0.25, 0.3) is 0 Å². The van der Waals surface area contributed by atoms with E-state index in [-0.39, 0.29) is 23.3 Å². The van der Waals surface area contributed by atoms with Gasteiger partial charge in [-0.1, -0.05) is 18.8 Å². The van der Waals surface area contributed by atoms with E-state index in [2.05, 4.69) is 18.8 Å². The van der Waals surface area contributed by atoms with E-state index in [1.807, 2.05) is 38.7 Å². The van der Waals surface area contributed by atoms with Gasteiger partial charge in [0.1, 0.15) is 10.2 Å². The Morgan fingerprint density at radius 3 is 2.26 bits per heavy atom. The van der Waals surface area contributed by atoms with E-state index >= 15 is 0 Å². The van der Waals surface area contributed by atoms with Crippen LogP contribution in [0.2, 0.25) is 0 Å². The summed E-state index contributed by atoms with van der Waals surface area (Å²) >= 11 is 1.27. The lowest BCUT2D eigenvalue weighted by Crippen LogP contribution is -2.49. The molecule has 0 radical (unpaired) electrons. The number of methoxy groups -OCH3 is 2. The first kappa shape index (κ1) is 31.9. The van der Waals surface area contributed by atoms with Crippen LogP contribution >= 0.6 is 18.7 Å². The van der Waals surface area contributed by atoms with Gasteiger partial charge in [0.2, 0.25) is 13.3 Å². The smallest absolute Gasteiger partial charge is 0.350 e. The zero-order valence-corrected chi connectivity index (χ0v) is 26.6. The molecule has 1 amide bonds. The zero-order chi connectivity index (χ0) is 29.0. The van der Waals surface area contributed by atoms with Crippen LogP contribution < -0.4 is 4.90 Å². The van der Waals surface area contributed by atoms with Crippen molar-refractivity contribution in [3.05, 3.63) is 15.8 Å². The number of ether oxygens (including phenoxy) is 2. The molecule has 3 rings (SSSR count). The third-order valence-corrected chi connectivity index (χ3v) is 12.0. The number of anilines is 1. The highest BCUT2D eigenvalue weighted by Gasteiger charge is 2.50. The van der Waals surface area contributed by atoms with Gasteiger partial charge in [0.15, 0.2) is 0 Å². The van der Waals surface area contributed by atoms with E-state index in [4.69, 9.17) is 14.0 Å². The molecule has 9 heteroatoms. The molecule has 0 saturated heterocycles. The fourth-order valence-corrected chi connectivity index (χ4v) is 8.81. The first-order valence-corrected chi connectivity index (χ1v) is 17.0. The molecule has 7 nitrogen and oxygen atoms in total. The van der Waals surface area contributed by atoms with Gasteiger partial charge in [-0.05, 0) is 91.0 Å². The Morgan fingerprint density at radius 2 is 1.74 bits per heavy atom. The number of carbonyl (C=O) groups excluding carboxylic acids is 2. The number of hydrogen-bond acceptors (Lipinski definition) is 7. The standard InChI is InChI=1S/C30H46NO6PS/c1-9-37-38(8,34)30(36-7)18-14-23(15-19-30)31(27(32)22-12-10-21(2)11-13-22)25-20-24(16-17-29(3,4)5)39-26(25)28(33)35-6/h20-23H,9-15,18-19H2,1-8H3/t21-,22-,23?,30?,38?. The maximum Gasteiger partial charge on any atom is 0.350 e. The summed E-state index contributed by atoms with van der Waals surface area (Å²) in [6.45, 7) is 12.2. The minimum atomic E-state index is -3.05. The molecule has 1 aromatic heterocycles. The van der Waals surface area contributed by atoms with E-state index in [0.29, 0.717) is 48.8 Å². The SMILES string of the molecule is CCOP(C)(=O)C1(OC)CCC(N(c2cc(C#CC(C)(C)C)sc2C(=O)OC)C(=O)[C@H]2CC[C@H](C)CC2)CC1. The van der Waals surface area contributed by atoms with E-state index < -0.39 is 18.7 Å². The predicted octanol–water partition coefficient (Wildman–Crippen LogP) is 7.32. The number of esters is 1. The molecule has 1 unspecified atom stereocenters. The van der Waals surface area contributed by atoms with E-state index in [9.17, 15) is 14.2 Å². The molecule has 1 atom stereocenters. The summed E-state index contributed by atoms with van der Waals surface area (Å²) < 4.78 is 30.2. The second kappa shape index (κ2) is 12.9. The average Bonchev–Trinajstić information content (AvgIpc) is 3.31. The second-order valence-corrected chi connectivity index (χ2v) is 15.9. The normalized spacial score (nSPS) is 27.1. The van der Waals surface area contributed by atoms with Gasteiger partial charge in [0.05, 0.1) is 24.3 Å². The topological polar surface area (TPSA) is 82.1 Å². The monoisotopic (exact) mass is 579 g/mol. The van der Waals surface area contributed by atoms with E-state index in [0.717, 1.165) is 30.6 Å². The highest BCUT2D eigenvalue weighted by Crippen LogP contribution is 2.62. The van der Waals surface area contributed by atoms with Gasteiger partial charge in [0, 0.05) is 31.1 Å². The lowest BCUT2D eigenvalue weighted by molar-refractivity contribution is -0.124. The maximum atomic E-state index is 14.3. The maximum absolute atomic E-state index is 14.3. The summed E-state index contributed by atoms with van der Waals surface area (Å²) in [5.74, 6) is 6.56. The van der Waals surface area contributed by atoms with Crippen molar-refractivity contribution in [3.63, 3.8) is 0 Å². The van der Waals surface area contributed by atoms with Gasteiger partial charge in [-0.15, -0.1) is 11.3 Å². The molecule has 218 valence electrons. The molecule has 0 N–H and O–H groups in total. The highest BCUT2D eigenvalue weighted by molar-refractivity contribution is 7.59. The summed E-state index contributed by atoms with van der Waals surface area (Å²) in [4.78, 5) is 30.2. The third kappa shape index (κ3) is 7.36. The Bertz CT molecular complexity index is 1130. The van der Waals surface area contributed by atoms with Crippen LogP contribution in [0.1, 0.15) is 101 Å². The van der Waals surface area contributed by atoms with Gasteiger partial charge < -0.3 is 18.9 Å². The Hall–Kier alpha value is -1.65. The molecule has 2 aliphatic rings. The Morgan fingerprint density at radius 1 is 1.13 bits per heavy atom. The van der Waals surface area contributed by atoms with Gasteiger partial charge in [0.25, 0.3) is 0 Å². The molecule has 0 aliphatic heterocycles. The van der Waals surface area contributed by atoms with Gasteiger partial charge >= 0.3 is 5.97 Å². The molecule has 1 heterocycles. The van der Waals surface area contributed by atoms with Crippen LogP contribution in [0.3, 0.4) is 0 Å². The lowest BCUT2D eigenvalue weighted by atomic mass is 9.81. The zero-order valence-electron chi connectivity index (χ0n) is 24.9. The Balaban J connectivity index is 2.04. The molecule has 2 saturated carbocycles. The minimum Gasteiger partial charge on any atom is -0.465 e. The largest absolute Gasteiger partial charge is 0.465 e. The van der Waals surface area contributed by atoms with Crippen LogP contribution in [0.15, 0.2) is 6.07 Å². The van der Waals surface area contributed by atoms with Crippen molar-refractivity contribution in [1.82, 2.24) is 0 Å². The molecule has 0 spiro atoms. The van der Waals surface area contributed by atoms with Crippen LogP contribution in [0.5, 0.6) is 0 Å². The van der Waals surface area contributed by atoms with Gasteiger partial charge in [-0.2, -0.15) is 0 Å². The van der Waals surface area contributed by atoms with Crippen LogP contribution in [-0.4, -0.2) is 50.8 Å². The molecule has 0 aromatic carbocycles. The van der Waals surface area contributed by atoms with Gasteiger partial charge in [-0.3, -0.25) is 9.36 Å². The molecule has 2 fully saturated rings. The number of thiophene rings is 1. The summed E-state index contributed by atoms with van der Waals surface area (Å²) in [7, 11) is -0.0961. The molecule has 39 heavy (non-hydrogen) atoms. The fourth-order valence-electron chi connectivity index (χ4n) is 5.76. The summed E-state index contributed by atoms with van der Waals surface area (Å²) in [6, 6.07) is 1.71. The molecule has 1 aromatic rings. The predicted molar refractivity (Wildman–Crippen MR) is 158 cm³/mol. The summed E-state index contributed by atoms with van der Waals surface area (Å²) in [5.41, 5.74) is 0.374. The average molecular weight is 580 g/mol. The molecule has 0 bridgehead atoms. The lowest BCUT2D eigenvalue weighted by Gasteiger charge is -2.45. The van der Waals surface area contributed by atoms with Crippen molar-refractivity contribution in [2.24, 2.45) is 17.3 Å². The van der Waals surface area contributed by atoms with Crippen molar-refractivity contribution in [2.75, 3.05) is 32.4 Å². The van der Waals surface area contributed by atoms with Crippen LogP contribution in [-0.2, 0) is 23.4 Å². The van der Waals surface area contributed by atoms with E-state index in [1.54, 1.807) is 13.8 Å². The quantitative estimate of drug-likeness (QED) is 0.182. The summed E-state index contributed by atoms with van der Waals surface area (Å²) in [6.07, 6.45) is 5.90. The fraction of sp³-hybridized carbons (Fsp3) is 0.733. The molecular weight excluding hydrogens is 533 g/mol. The number of amides is 1. The van der Waals surface area contributed by atoms with Gasteiger partial charge in [-0.25, -0.2) is 4.79 Å². The number of hydrogen-bond donors (Lipinski definition) is 0. The van der Waals surface area contributed by atoms with E-state index in [1.165, 1.54) is 18.4 Å². The Labute approximate surface area is 238 Å². The minimum absolute atomic E-state index is 0.0552. The first-order chi connectivity index (χ1) is 18.3. The van der Waals surface area contributed by atoms with Crippen LogP contribution in [0.4, 0.5) is 5.69 Å². The van der Waals surface area contributed by atoms with Crippen LogP contribution in [0, 0.1) is 29.1 Å².